The number of benzene rings is 1. The first-order valence-electron chi connectivity index (χ1n) is 5.92. The Kier molecular flexibility index (Phi) is 7.16. The average Bonchev–Trinajstić information content (AvgIpc) is 2.34. The lowest BCUT2D eigenvalue weighted by molar-refractivity contribution is -0.118. The Morgan fingerprint density at radius 1 is 1.44 bits per heavy atom. The van der Waals surface area contributed by atoms with Gasteiger partial charge in [-0.25, -0.2) is 0 Å². The first kappa shape index (κ1) is 15.3. The molecule has 0 radical (unpaired) electrons. The Hall–Kier alpha value is -0.710. The third-order valence-electron chi connectivity index (χ3n) is 2.35. The zero-order chi connectivity index (χ0) is 13.4. The number of nitrogens with two attached hydrogens (primary N) is 1. The summed E-state index contributed by atoms with van der Waals surface area (Å²) >= 11 is 7.40. The Morgan fingerprint density at radius 2 is 2.11 bits per heavy atom. The fourth-order valence-corrected chi connectivity index (χ4v) is 2.38. The van der Waals surface area contributed by atoms with Crippen molar-refractivity contribution in [2.45, 2.75) is 25.9 Å². The Labute approximate surface area is 117 Å². The van der Waals surface area contributed by atoms with Gasteiger partial charge >= 0.3 is 0 Å². The highest BCUT2D eigenvalue weighted by atomic mass is 35.5. The summed E-state index contributed by atoms with van der Waals surface area (Å²) in [6.07, 6.45) is 0.940. The van der Waals surface area contributed by atoms with Gasteiger partial charge < -0.3 is 11.1 Å². The lowest BCUT2D eigenvalue weighted by Crippen LogP contribution is -2.25. The molecule has 0 bridgehead atoms. The standard InChI is InChI=1S/C13H19ClN2OS/c1-10(15)6-7-18-9-13(17)16-8-11-2-4-12(14)5-3-11/h2-5,10H,6-9,15H2,1H3,(H,16,17). The van der Waals surface area contributed by atoms with Crippen LogP contribution in [0.5, 0.6) is 0 Å². The van der Waals surface area contributed by atoms with E-state index in [1.165, 1.54) is 0 Å². The van der Waals surface area contributed by atoms with Crippen molar-refractivity contribution in [3.8, 4) is 0 Å². The molecular weight excluding hydrogens is 268 g/mol. The largest absolute Gasteiger partial charge is 0.351 e. The van der Waals surface area contributed by atoms with E-state index in [0.717, 1.165) is 17.7 Å². The van der Waals surface area contributed by atoms with Crippen LogP contribution in [0.3, 0.4) is 0 Å². The highest BCUT2D eigenvalue weighted by Gasteiger charge is 2.02. The van der Waals surface area contributed by atoms with Crippen LogP contribution in [-0.2, 0) is 11.3 Å². The number of thioether (sulfide) groups is 1. The van der Waals surface area contributed by atoms with Gasteiger partial charge in [0.1, 0.15) is 0 Å². The third kappa shape index (κ3) is 6.89. The molecule has 0 spiro atoms. The van der Waals surface area contributed by atoms with Crippen molar-refractivity contribution in [2.75, 3.05) is 11.5 Å². The van der Waals surface area contributed by atoms with Gasteiger partial charge in [0, 0.05) is 17.6 Å². The van der Waals surface area contributed by atoms with Crippen LogP contribution >= 0.6 is 23.4 Å². The van der Waals surface area contributed by atoms with Crippen molar-refractivity contribution in [3.05, 3.63) is 34.9 Å². The van der Waals surface area contributed by atoms with E-state index in [9.17, 15) is 4.79 Å². The molecule has 3 N–H and O–H groups in total. The van der Waals surface area contributed by atoms with Crippen LogP contribution in [0.4, 0.5) is 0 Å². The number of halogens is 1. The highest BCUT2D eigenvalue weighted by molar-refractivity contribution is 7.99. The van der Waals surface area contributed by atoms with E-state index < -0.39 is 0 Å². The van der Waals surface area contributed by atoms with Crippen molar-refractivity contribution in [2.24, 2.45) is 5.73 Å². The average molecular weight is 287 g/mol. The van der Waals surface area contributed by atoms with Crippen LogP contribution in [0, 0.1) is 0 Å². The van der Waals surface area contributed by atoms with Gasteiger partial charge in [0.05, 0.1) is 5.75 Å². The molecule has 18 heavy (non-hydrogen) atoms. The molecule has 1 rings (SSSR count). The maximum atomic E-state index is 11.5. The number of hydrogen-bond donors (Lipinski definition) is 2. The summed E-state index contributed by atoms with van der Waals surface area (Å²) in [6, 6.07) is 7.66. The molecule has 0 aliphatic rings. The second-order valence-corrected chi connectivity index (χ2v) is 5.76. The number of rotatable bonds is 7. The predicted molar refractivity (Wildman–Crippen MR) is 78.9 cm³/mol. The molecule has 0 saturated carbocycles. The summed E-state index contributed by atoms with van der Waals surface area (Å²) in [5.41, 5.74) is 6.68. The summed E-state index contributed by atoms with van der Waals surface area (Å²) in [4.78, 5) is 11.5. The minimum Gasteiger partial charge on any atom is -0.351 e. The molecule has 0 aliphatic heterocycles. The van der Waals surface area contributed by atoms with Gasteiger partial charge in [-0.05, 0) is 36.8 Å². The van der Waals surface area contributed by atoms with Gasteiger partial charge in [0.15, 0.2) is 0 Å². The fourth-order valence-electron chi connectivity index (χ4n) is 1.29. The first-order valence-corrected chi connectivity index (χ1v) is 7.45. The molecule has 5 heteroatoms. The molecule has 1 atom stereocenters. The van der Waals surface area contributed by atoms with Gasteiger partial charge in [-0.3, -0.25) is 4.79 Å². The summed E-state index contributed by atoms with van der Waals surface area (Å²) < 4.78 is 0. The number of carbonyl (C=O) groups is 1. The monoisotopic (exact) mass is 286 g/mol. The lowest BCUT2D eigenvalue weighted by atomic mass is 10.2. The Morgan fingerprint density at radius 3 is 2.72 bits per heavy atom. The van der Waals surface area contributed by atoms with Crippen molar-refractivity contribution >= 4 is 29.3 Å². The van der Waals surface area contributed by atoms with E-state index in [1.54, 1.807) is 11.8 Å². The summed E-state index contributed by atoms with van der Waals surface area (Å²) in [6.45, 7) is 2.52. The number of carbonyl (C=O) groups excluding carboxylic acids is 1. The molecule has 3 nitrogen and oxygen atoms in total. The molecule has 1 aromatic carbocycles. The lowest BCUT2D eigenvalue weighted by Gasteiger charge is -2.06. The normalized spacial score (nSPS) is 12.2. The van der Waals surface area contributed by atoms with Crippen LogP contribution < -0.4 is 11.1 Å². The van der Waals surface area contributed by atoms with Crippen molar-refractivity contribution < 1.29 is 4.79 Å². The Bertz CT molecular complexity index is 368. The van der Waals surface area contributed by atoms with Gasteiger partial charge in [0.25, 0.3) is 0 Å². The molecule has 0 aromatic heterocycles. The molecule has 0 heterocycles. The zero-order valence-electron chi connectivity index (χ0n) is 10.5. The number of hydrogen-bond acceptors (Lipinski definition) is 3. The summed E-state index contributed by atoms with van der Waals surface area (Å²) in [5, 5.41) is 3.58. The van der Waals surface area contributed by atoms with Crippen LogP contribution in [0.25, 0.3) is 0 Å². The van der Waals surface area contributed by atoms with E-state index in [0.29, 0.717) is 17.3 Å². The molecule has 0 saturated heterocycles. The Balaban J connectivity index is 2.15. The molecular formula is C13H19ClN2OS. The smallest absolute Gasteiger partial charge is 0.230 e. The second-order valence-electron chi connectivity index (χ2n) is 4.22. The maximum absolute atomic E-state index is 11.5. The van der Waals surface area contributed by atoms with E-state index in [4.69, 9.17) is 17.3 Å². The maximum Gasteiger partial charge on any atom is 0.230 e. The molecule has 0 aliphatic carbocycles. The van der Waals surface area contributed by atoms with E-state index >= 15 is 0 Å². The zero-order valence-corrected chi connectivity index (χ0v) is 12.1. The van der Waals surface area contributed by atoms with Crippen LogP contribution in [-0.4, -0.2) is 23.5 Å². The van der Waals surface area contributed by atoms with Gasteiger partial charge in [-0.15, -0.1) is 0 Å². The second kappa shape index (κ2) is 8.40. The quantitative estimate of drug-likeness (QED) is 0.757. The van der Waals surface area contributed by atoms with E-state index in [-0.39, 0.29) is 11.9 Å². The molecule has 1 aromatic rings. The first-order chi connectivity index (χ1) is 8.58. The molecule has 0 fully saturated rings. The SMILES string of the molecule is CC(N)CCSCC(=O)NCc1ccc(Cl)cc1. The minimum atomic E-state index is 0.0552. The van der Waals surface area contributed by atoms with Gasteiger partial charge in [-0.1, -0.05) is 23.7 Å². The van der Waals surface area contributed by atoms with Crippen molar-refractivity contribution in [1.82, 2.24) is 5.32 Å². The van der Waals surface area contributed by atoms with Crippen LogP contribution in [0.2, 0.25) is 5.02 Å². The van der Waals surface area contributed by atoms with Gasteiger partial charge in [0.2, 0.25) is 5.91 Å². The summed E-state index contributed by atoms with van der Waals surface area (Å²) in [5.74, 6) is 1.46. The molecule has 1 unspecified atom stereocenters. The fraction of sp³-hybridized carbons (Fsp3) is 0.462. The number of nitrogens with one attached hydrogen (secondary N) is 1. The van der Waals surface area contributed by atoms with E-state index in [1.807, 2.05) is 31.2 Å². The van der Waals surface area contributed by atoms with Crippen LogP contribution in [0.1, 0.15) is 18.9 Å². The highest BCUT2D eigenvalue weighted by Crippen LogP contribution is 2.09. The van der Waals surface area contributed by atoms with Crippen LogP contribution in [0.15, 0.2) is 24.3 Å². The predicted octanol–water partition coefficient (Wildman–Crippen LogP) is 2.43. The third-order valence-corrected chi connectivity index (χ3v) is 3.60. The minimum absolute atomic E-state index is 0.0552. The van der Waals surface area contributed by atoms with Gasteiger partial charge in [-0.2, -0.15) is 11.8 Å². The molecule has 1 amide bonds. The van der Waals surface area contributed by atoms with Crippen molar-refractivity contribution in [1.29, 1.82) is 0 Å². The topological polar surface area (TPSA) is 55.1 Å². The molecule has 100 valence electrons. The number of amides is 1. The van der Waals surface area contributed by atoms with E-state index in [2.05, 4.69) is 5.32 Å². The summed E-state index contributed by atoms with van der Waals surface area (Å²) in [7, 11) is 0. The van der Waals surface area contributed by atoms with Crippen molar-refractivity contribution in [3.63, 3.8) is 0 Å².